The van der Waals surface area contributed by atoms with Crippen molar-refractivity contribution in [2.45, 2.75) is 38.3 Å². The molecule has 2 aliphatic rings. The molecule has 34 heavy (non-hydrogen) atoms. The third-order valence-electron chi connectivity index (χ3n) is 6.79. The number of amides is 2. The summed E-state index contributed by atoms with van der Waals surface area (Å²) in [6.45, 7) is 3.80. The molecule has 0 aliphatic carbocycles. The van der Waals surface area contributed by atoms with Crippen molar-refractivity contribution in [2.75, 3.05) is 30.5 Å². The van der Waals surface area contributed by atoms with Crippen LogP contribution in [0.2, 0.25) is 0 Å². The van der Waals surface area contributed by atoms with Crippen LogP contribution in [0.4, 0.5) is 15.8 Å². The number of hydrogen-bond donors (Lipinski definition) is 1. The Labute approximate surface area is 198 Å². The molecule has 2 amide bonds. The predicted octanol–water partition coefficient (Wildman–Crippen LogP) is 3.44. The summed E-state index contributed by atoms with van der Waals surface area (Å²) in [7, 11) is 3.87. The van der Waals surface area contributed by atoms with Crippen LogP contribution in [0.3, 0.4) is 0 Å². The molecule has 8 heteroatoms. The number of fused-ring (bicyclic) bond motifs is 1. The first-order chi connectivity index (χ1) is 16.2. The van der Waals surface area contributed by atoms with Gasteiger partial charge in [0.15, 0.2) is 0 Å². The number of imide groups is 1. The Morgan fingerprint density at radius 3 is 2.26 bits per heavy atom. The molecule has 0 aromatic heterocycles. The molecule has 0 unspecified atom stereocenters. The minimum absolute atomic E-state index is 0.162. The van der Waals surface area contributed by atoms with Gasteiger partial charge in [0.1, 0.15) is 11.4 Å². The number of carbonyl (C=O) groups excluding carboxylic acids is 3. The molecule has 0 saturated carbocycles. The molecule has 7 nitrogen and oxygen atoms in total. The summed E-state index contributed by atoms with van der Waals surface area (Å²) >= 11 is 0. The highest BCUT2D eigenvalue weighted by Crippen LogP contribution is 2.51. The van der Waals surface area contributed by atoms with Gasteiger partial charge in [-0.3, -0.25) is 19.7 Å². The van der Waals surface area contributed by atoms with Gasteiger partial charge in [-0.05, 0) is 55.3 Å². The van der Waals surface area contributed by atoms with Crippen molar-refractivity contribution in [1.82, 2.24) is 5.32 Å². The molecule has 2 fully saturated rings. The number of ether oxygens (including phenoxy) is 1. The molecule has 2 aliphatic heterocycles. The zero-order valence-corrected chi connectivity index (χ0v) is 19.9. The maximum atomic E-state index is 13.8. The van der Waals surface area contributed by atoms with Gasteiger partial charge in [-0.1, -0.05) is 25.5 Å². The SMILES string of the molecule is CCC[C@]1(C(=O)OCC)N[C@H](c2ccc(N(C)C)cc2)[C@H]2C(=O)N(c3ccc(F)cc3)C(=O)[C@@H]21. The summed E-state index contributed by atoms with van der Waals surface area (Å²) < 4.78 is 18.9. The topological polar surface area (TPSA) is 79.0 Å². The molecule has 4 atom stereocenters. The number of nitrogens with one attached hydrogen (secondary N) is 1. The first kappa shape index (κ1) is 23.9. The molecule has 2 aromatic rings. The van der Waals surface area contributed by atoms with Gasteiger partial charge in [0.05, 0.1) is 24.1 Å². The van der Waals surface area contributed by atoms with Crippen LogP contribution < -0.4 is 15.1 Å². The van der Waals surface area contributed by atoms with E-state index in [0.717, 1.165) is 16.2 Å². The van der Waals surface area contributed by atoms with Crippen LogP contribution in [0.25, 0.3) is 0 Å². The van der Waals surface area contributed by atoms with E-state index in [4.69, 9.17) is 4.74 Å². The lowest BCUT2D eigenvalue weighted by molar-refractivity contribution is -0.155. The van der Waals surface area contributed by atoms with E-state index >= 15 is 0 Å². The quantitative estimate of drug-likeness (QED) is 0.497. The number of esters is 1. The van der Waals surface area contributed by atoms with Crippen molar-refractivity contribution >= 4 is 29.2 Å². The van der Waals surface area contributed by atoms with Crippen LogP contribution in [-0.2, 0) is 19.1 Å². The maximum absolute atomic E-state index is 13.8. The van der Waals surface area contributed by atoms with Crippen LogP contribution in [0, 0.1) is 17.7 Å². The molecule has 2 heterocycles. The van der Waals surface area contributed by atoms with Crippen molar-refractivity contribution in [3.63, 3.8) is 0 Å². The molecule has 180 valence electrons. The molecule has 0 bridgehead atoms. The third-order valence-corrected chi connectivity index (χ3v) is 6.79. The Morgan fingerprint density at radius 2 is 1.71 bits per heavy atom. The zero-order chi connectivity index (χ0) is 24.6. The van der Waals surface area contributed by atoms with Crippen molar-refractivity contribution < 1.29 is 23.5 Å². The summed E-state index contributed by atoms with van der Waals surface area (Å²) in [5.74, 6) is -3.58. The second-order valence-corrected chi connectivity index (χ2v) is 9.04. The summed E-state index contributed by atoms with van der Waals surface area (Å²) in [4.78, 5) is 43.9. The lowest BCUT2D eigenvalue weighted by Gasteiger charge is -2.32. The van der Waals surface area contributed by atoms with Crippen molar-refractivity contribution in [1.29, 1.82) is 0 Å². The predicted molar refractivity (Wildman–Crippen MR) is 127 cm³/mol. The minimum Gasteiger partial charge on any atom is -0.465 e. The van der Waals surface area contributed by atoms with E-state index in [2.05, 4.69) is 5.32 Å². The van der Waals surface area contributed by atoms with Gasteiger partial charge in [-0.25, -0.2) is 9.29 Å². The number of anilines is 2. The molecular formula is C26H30FN3O4. The van der Waals surface area contributed by atoms with Crippen LogP contribution >= 0.6 is 0 Å². The third kappa shape index (κ3) is 3.76. The standard InChI is InChI=1S/C26H30FN3O4/c1-5-15-26(25(33)34-6-2)21-20(22(28-26)16-7-11-18(12-8-16)29(3)4)23(31)30(24(21)32)19-13-9-17(27)10-14-19/h7-14,20-22,28H,5-6,15H2,1-4H3/t20-,21+,22+,26-/m0/s1. The molecule has 0 spiro atoms. The number of carbonyl (C=O) groups is 3. The lowest BCUT2D eigenvalue weighted by Crippen LogP contribution is -2.56. The highest BCUT2D eigenvalue weighted by molar-refractivity contribution is 6.24. The first-order valence-corrected chi connectivity index (χ1v) is 11.6. The number of rotatable bonds is 7. The fourth-order valence-corrected chi connectivity index (χ4v) is 5.29. The van der Waals surface area contributed by atoms with Crippen LogP contribution in [-0.4, -0.2) is 44.0 Å². The van der Waals surface area contributed by atoms with Gasteiger partial charge in [-0.2, -0.15) is 0 Å². The van der Waals surface area contributed by atoms with Crippen LogP contribution in [0.1, 0.15) is 38.3 Å². The summed E-state index contributed by atoms with van der Waals surface area (Å²) in [5.41, 5.74) is 0.763. The number of hydrogen-bond acceptors (Lipinski definition) is 6. The summed E-state index contributed by atoms with van der Waals surface area (Å²) in [5, 5.41) is 3.38. The molecule has 1 N–H and O–H groups in total. The van der Waals surface area contributed by atoms with E-state index in [1.807, 2.05) is 50.2 Å². The molecule has 4 rings (SSSR count). The number of benzene rings is 2. The van der Waals surface area contributed by atoms with E-state index < -0.39 is 47.0 Å². The summed E-state index contributed by atoms with van der Waals surface area (Å²) in [6.07, 6.45) is 0.953. The van der Waals surface area contributed by atoms with E-state index in [0.29, 0.717) is 18.5 Å². The van der Waals surface area contributed by atoms with Gasteiger partial charge in [0.2, 0.25) is 11.8 Å². The van der Waals surface area contributed by atoms with E-state index in [9.17, 15) is 18.8 Å². The minimum atomic E-state index is -1.33. The Bertz CT molecular complexity index is 1090. The second kappa shape index (κ2) is 9.18. The Hall–Kier alpha value is -3.26. The van der Waals surface area contributed by atoms with Crippen molar-refractivity contribution in [2.24, 2.45) is 11.8 Å². The highest BCUT2D eigenvalue weighted by atomic mass is 19.1. The smallest absolute Gasteiger partial charge is 0.327 e. The zero-order valence-electron chi connectivity index (χ0n) is 19.9. The highest BCUT2D eigenvalue weighted by Gasteiger charge is 2.68. The number of halogens is 1. The Balaban J connectivity index is 1.83. The molecular weight excluding hydrogens is 437 g/mol. The van der Waals surface area contributed by atoms with Crippen molar-refractivity contribution in [3.8, 4) is 0 Å². The average molecular weight is 468 g/mol. The normalized spacial score (nSPS) is 26.0. The number of nitrogens with zero attached hydrogens (tertiary/aromatic N) is 2. The Morgan fingerprint density at radius 1 is 1.06 bits per heavy atom. The monoisotopic (exact) mass is 467 g/mol. The fourth-order valence-electron chi connectivity index (χ4n) is 5.29. The van der Waals surface area contributed by atoms with Gasteiger partial charge < -0.3 is 9.64 Å². The molecule has 2 saturated heterocycles. The first-order valence-electron chi connectivity index (χ1n) is 11.6. The van der Waals surface area contributed by atoms with Gasteiger partial charge in [-0.15, -0.1) is 0 Å². The van der Waals surface area contributed by atoms with E-state index in [-0.39, 0.29) is 6.61 Å². The van der Waals surface area contributed by atoms with Gasteiger partial charge in [0.25, 0.3) is 0 Å². The van der Waals surface area contributed by atoms with E-state index in [1.54, 1.807) is 6.92 Å². The Kier molecular flexibility index (Phi) is 6.45. The lowest BCUT2D eigenvalue weighted by atomic mass is 9.77. The van der Waals surface area contributed by atoms with Gasteiger partial charge in [0, 0.05) is 25.8 Å². The van der Waals surface area contributed by atoms with Crippen LogP contribution in [0.15, 0.2) is 48.5 Å². The van der Waals surface area contributed by atoms with E-state index in [1.165, 1.54) is 24.3 Å². The van der Waals surface area contributed by atoms with Crippen molar-refractivity contribution in [3.05, 3.63) is 59.9 Å². The molecule has 2 aromatic carbocycles. The summed E-state index contributed by atoms with van der Waals surface area (Å²) in [6, 6.07) is 12.4. The van der Waals surface area contributed by atoms with Crippen LogP contribution in [0.5, 0.6) is 0 Å². The fraction of sp³-hybridized carbons (Fsp3) is 0.423. The van der Waals surface area contributed by atoms with Gasteiger partial charge >= 0.3 is 5.97 Å². The second-order valence-electron chi connectivity index (χ2n) is 9.04. The molecule has 0 radical (unpaired) electrons. The maximum Gasteiger partial charge on any atom is 0.327 e. The average Bonchev–Trinajstić information content (AvgIpc) is 3.29. The largest absolute Gasteiger partial charge is 0.465 e.